The van der Waals surface area contributed by atoms with E-state index in [0.29, 0.717) is 0 Å². The van der Waals surface area contributed by atoms with E-state index in [0.717, 1.165) is 43.4 Å². The monoisotopic (exact) mass is 318 g/mol. The molecule has 0 aliphatic carbocycles. The van der Waals surface area contributed by atoms with Crippen LogP contribution in [0.5, 0.6) is 11.5 Å². The van der Waals surface area contributed by atoms with Gasteiger partial charge in [0.1, 0.15) is 50.8 Å². The van der Waals surface area contributed by atoms with Gasteiger partial charge in [0.2, 0.25) is 0 Å². The van der Waals surface area contributed by atoms with E-state index in [1.807, 2.05) is 18.2 Å². The predicted octanol–water partition coefficient (Wildman–Crippen LogP) is -0.220. The van der Waals surface area contributed by atoms with E-state index < -0.39 is 0 Å². The lowest BCUT2D eigenvalue weighted by atomic mass is 10.1. The van der Waals surface area contributed by atoms with Gasteiger partial charge in [0.25, 0.3) is 0 Å². The van der Waals surface area contributed by atoms with Crippen molar-refractivity contribution in [2.75, 3.05) is 40.4 Å². The van der Waals surface area contributed by atoms with Gasteiger partial charge in [-0.15, -0.1) is 0 Å². The first kappa shape index (κ1) is 15.9. The SMILES string of the molecule is COc1ccc(OC)c(C[NH+]2CC[NH+](Cc3ccco3)CC2)c1. The van der Waals surface area contributed by atoms with Gasteiger partial charge in [0.15, 0.2) is 5.76 Å². The highest BCUT2D eigenvalue weighted by molar-refractivity contribution is 5.39. The molecule has 3 rings (SSSR count). The van der Waals surface area contributed by atoms with E-state index in [9.17, 15) is 0 Å². The molecule has 0 atom stereocenters. The maximum atomic E-state index is 5.49. The van der Waals surface area contributed by atoms with Gasteiger partial charge in [-0.05, 0) is 30.3 Å². The Hall–Kier alpha value is -1.98. The van der Waals surface area contributed by atoms with Crippen LogP contribution < -0.4 is 19.3 Å². The normalized spacial score (nSPS) is 21.1. The maximum absolute atomic E-state index is 5.49. The van der Waals surface area contributed by atoms with Gasteiger partial charge >= 0.3 is 0 Å². The number of hydrogen-bond donors (Lipinski definition) is 2. The molecule has 0 bridgehead atoms. The lowest BCUT2D eigenvalue weighted by Crippen LogP contribution is -3.27. The summed E-state index contributed by atoms with van der Waals surface area (Å²) in [6.45, 7) is 6.63. The second-order valence-electron chi connectivity index (χ2n) is 6.11. The molecule has 0 spiro atoms. The number of nitrogens with one attached hydrogen (secondary N) is 2. The molecule has 0 amide bonds. The van der Waals surface area contributed by atoms with E-state index in [4.69, 9.17) is 13.9 Å². The zero-order valence-corrected chi connectivity index (χ0v) is 13.9. The fourth-order valence-corrected chi connectivity index (χ4v) is 3.26. The van der Waals surface area contributed by atoms with Crippen molar-refractivity contribution in [1.82, 2.24) is 0 Å². The topological polar surface area (TPSA) is 40.5 Å². The number of hydrogen-bond acceptors (Lipinski definition) is 3. The van der Waals surface area contributed by atoms with Crippen LogP contribution in [0.25, 0.3) is 0 Å². The Kier molecular flexibility index (Phi) is 5.20. The zero-order chi connectivity index (χ0) is 16.1. The number of ether oxygens (including phenoxy) is 2. The number of furan rings is 1. The maximum Gasteiger partial charge on any atom is 0.157 e. The van der Waals surface area contributed by atoms with Crippen LogP contribution in [0.4, 0.5) is 0 Å². The van der Waals surface area contributed by atoms with E-state index in [1.165, 1.54) is 18.7 Å². The fraction of sp³-hybridized carbons (Fsp3) is 0.444. The van der Waals surface area contributed by atoms with Crippen molar-refractivity contribution in [1.29, 1.82) is 0 Å². The third-order valence-corrected chi connectivity index (χ3v) is 4.60. The summed E-state index contributed by atoms with van der Waals surface area (Å²) in [6.07, 6.45) is 1.76. The first-order valence-corrected chi connectivity index (χ1v) is 8.19. The summed E-state index contributed by atoms with van der Waals surface area (Å²) in [7, 11) is 3.43. The van der Waals surface area contributed by atoms with Crippen LogP contribution in [0.2, 0.25) is 0 Å². The molecule has 5 nitrogen and oxygen atoms in total. The Balaban J connectivity index is 1.56. The molecule has 1 saturated heterocycles. The number of methoxy groups -OCH3 is 2. The van der Waals surface area contributed by atoms with Gasteiger partial charge in [-0.1, -0.05) is 0 Å². The second-order valence-corrected chi connectivity index (χ2v) is 6.11. The molecule has 0 radical (unpaired) electrons. The summed E-state index contributed by atoms with van der Waals surface area (Å²) in [6, 6.07) is 10.1. The number of benzene rings is 1. The average molecular weight is 318 g/mol. The fourth-order valence-electron chi connectivity index (χ4n) is 3.26. The van der Waals surface area contributed by atoms with Crippen molar-refractivity contribution in [3.8, 4) is 11.5 Å². The minimum absolute atomic E-state index is 0.891. The molecule has 1 aromatic heterocycles. The lowest BCUT2D eigenvalue weighted by molar-refractivity contribution is -1.02. The minimum Gasteiger partial charge on any atom is -0.497 e. The standard InChI is InChI=1S/C18H24N2O3/c1-21-16-5-6-18(22-2)15(12-16)13-19-7-9-20(10-8-19)14-17-4-3-11-23-17/h3-6,11-12H,7-10,13-14H2,1-2H3/p+2. The molecule has 2 heterocycles. The largest absolute Gasteiger partial charge is 0.497 e. The molecule has 0 saturated carbocycles. The van der Waals surface area contributed by atoms with E-state index >= 15 is 0 Å². The van der Waals surface area contributed by atoms with Gasteiger partial charge in [-0.3, -0.25) is 0 Å². The molecule has 1 aromatic carbocycles. The zero-order valence-electron chi connectivity index (χ0n) is 13.9. The van der Waals surface area contributed by atoms with E-state index in [-0.39, 0.29) is 0 Å². The highest BCUT2D eigenvalue weighted by atomic mass is 16.5. The predicted molar refractivity (Wildman–Crippen MR) is 87.1 cm³/mol. The van der Waals surface area contributed by atoms with Crippen molar-refractivity contribution in [2.24, 2.45) is 0 Å². The van der Waals surface area contributed by atoms with Crippen molar-refractivity contribution in [2.45, 2.75) is 13.1 Å². The van der Waals surface area contributed by atoms with Gasteiger partial charge in [-0.25, -0.2) is 0 Å². The van der Waals surface area contributed by atoms with Crippen molar-refractivity contribution in [3.05, 3.63) is 47.9 Å². The molecule has 2 N–H and O–H groups in total. The molecule has 1 aliphatic heterocycles. The lowest BCUT2D eigenvalue weighted by Gasteiger charge is -2.29. The number of piperazine rings is 1. The molecule has 0 unspecified atom stereocenters. The number of rotatable bonds is 6. The van der Waals surface area contributed by atoms with Crippen LogP contribution in [-0.4, -0.2) is 40.4 Å². The van der Waals surface area contributed by atoms with Crippen LogP contribution >= 0.6 is 0 Å². The van der Waals surface area contributed by atoms with Gasteiger partial charge < -0.3 is 23.7 Å². The second kappa shape index (κ2) is 7.53. The summed E-state index contributed by atoms with van der Waals surface area (Å²) in [5.74, 6) is 2.92. The van der Waals surface area contributed by atoms with Crippen LogP contribution in [0.15, 0.2) is 41.0 Å². The highest BCUT2D eigenvalue weighted by Crippen LogP contribution is 2.23. The Morgan fingerprint density at radius 1 is 0.957 bits per heavy atom. The smallest absolute Gasteiger partial charge is 0.157 e. The van der Waals surface area contributed by atoms with Crippen LogP contribution in [0, 0.1) is 0 Å². The summed E-state index contributed by atoms with van der Waals surface area (Å²) in [5, 5.41) is 0. The molecule has 23 heavy (non-hydrogen) atoms. The summed E-state index contributed by atoms with van der Waals surface area (Å²) >= 11 is 0. The third-order valence-electron chi connectivity index (χ3n) is 4.60. The molecule has 2 aromatic rings. The highest BCUT2D eigenvalue weighted by Gasteiger charge is 2.24. The van der Waals surface area contributed by atoms with Crippen LogP contribution in [0.3, 0.4) is 0 Å². The Labute approximate surface area is 137 Å². The van der Waals surface area contributed by atoms with Crippen molar-refractivity contribution < 1.29 is 23.7 Å². The van der Waals surface area contributed by atoms with Crippen molar-refractivity contribution in [3.63, 3.8) is 0 Å². The molecular weight excluding hydrogens is 292 g/mol. The Morgan fingerprint density at radius 3 is 2.30 bits per heavy atom. The molecular formula is C18H26N2O3+2. The van der Waals surface area contributed by atoms with Crippen molar-refractivity contribution >= 4 is 0 Å². The van der Waals surface area contributed by atoms with Crippen LogP contribution in [-0.2, 0) is 13.1 Å². The Morgan fingerprint density at radius 2 is 1.70 bits per heavy atom. The average Bonchev–Trinajstić information content (AvgIpc) is 3.09. The van der Waals surface area contributed by atoms with E-state index in [1.54, 1.807) is 30.3 Å². The molecule has 5 heteroatoms. The quantitative estimate of drug-likeness (QED) is 0.774. The first-order chi connectivity index (χ1) is 11.3. The van der Waals surface area contributed by atoms with E-state index in [2.05, 4.69) is 12.1 Å². The van der Waals surface area contributed by atoms with Gasteiger partial charge in [0.05, 0.1) is 26.0 Å². The minimum atomic E-state index is 0.891. The summed E-state index contributed by atoms with van der Waals surface area (Å²) in [5.41, 5.74) is 1.22. The first-order valence-electron chi connectivity index (χ1n) is 8.19. The molecule has 1 aliphatic rings. The third kappa shape index (κ3) is 4.06. The van der Waals surface area contributed by atoms with Gasteiger partial charge in [0, 0.05) is 0 Å². The summed E-state index contributed by atoms with van der Waals surface area (Å²) < 4.78 is 16.3. The molecule has 1 fully saturated rings. The molecule has 124 valence electrons. The van der Waals surface area contributed by atoms with Gasteiger partial charge in [-0.2, -0.15) is 0 Å². The summed E-state index contributed by atoms with van der Waals surface area (Å²) in [4.78, 5) is 3.20. The Bertz CT molecular complexity index is 605. The van der Waals surface area contributed by atoms with Crippen LogP contribution in [0.1, 0.15) is 11.3 Å². The number of quaternary nitrogens is 2.